The number of hydrogen-bond donors (Lipinski definition) is 1. The summed E-state index contributed by atoms with van der Waals surface area (Å²) in [5, 5.41) is 7.23. The Balaban J connectivity index is 1.55. The van der Waals surface area contributed by atoms with Crippen LogP contribution in [0.1, 0.15) is 16.1 Å². The van der Waals surface area contributed by atoms with Crippen LogP contribution in [0.5, 0.6) is 0 Å². The van der Waals surface area contributed by atoms with Crippen LogP contribution in [0.4, 0.5) is 5.69 Å². The van der Waals surface area contributed by atoms with E-state index in [1.54, 1.807) is 12.1 Å². The van der Waals surface area contributed by atoms with Gasteiger partial charge in [-0.05, 0) is 29.8 Å². The SMILES string of the molecule is O=C(Nc1ccccc1CN1CCSCC1)c1ccc(=O)n(-c2ccccc2)n1. The number of thioether (sulfide) groups is 1. The van der Waals surface area contributed by atoms with Gasteiger partial charge in [-0.25, -0.2) is 0 Å². The number of para-hydroxylation sites is 2. The molecule has 2 aromatic carbocycles. The van der Waals surface area contributed by atoms with Crippen molar-refractivity contribution in [3.05, 3.63) is 88.3 Å². The maximum absolute atomic E-state index is 12.8. The summed E-state index contributed by atoms with van der Waals surface area (Å²) in [7, 11) is 0. The summed E-state index contributed by atoms with van der Waals surface area (Å²) in [6.45, 7) is 2.90. The standard InChI is InChI=1S/C22H22N4O2S/c27-21-11-10-20(24-26(21)18-7-2-1-3-8-18)22(28)23-19-9-5-4-6-17(19)16-25-12-14-29-15-13-25/h1-11H,12-16H2,(H,23,28). The summed E-state index contributed by atoms with van der Waals surface area (Å²) in [4.78, 5) is 27.4. The fourth-order valence-electron chi connectivity index (χ4n) is 3.25. The first kappa shape index (κ1) is 19.4. The van der Waals surface area contributed by atoms with Crippen molar-refractivity contribution in [3.8, 4) is 5.69 Å². The minimum Gasteiger partial charge on any atom is -0.320 e. The highest BCUT2D eigenvalue weighted by molar-refractivity contribution is 7.99. The van der Waals surface area contributed by atoms with E-state index in [1.807, 2.05) is 54.2 Å². The molecular formula is C22H22N4O2S. The lowest BCUT2D eigenvalue weighted by molar-refractivity contribution is 0.102. The molecule has 1 N–H and O–H groups in total. The third-order valence-electron chi connectivity index (χ3n) is 4.80. The van der Waals surface area contributed by atoms with Crippen LogP contribution in [-0.4, -0.2) is 45.2 Å². The molecule has 0 radical (unpaired) electrons. The van der Waals surface area contributed by atoms with E-state index in [0.29, 0.717) is 5.69 Å². The fourth-order valence-corrected chi connectivity index (χ4v) is 4.23. The van der Waals surface area contributed by atoms with Gasteiger partial charge < -0.3 is 5.32 Å². The molecule has 4 rings (SSSR count). The number of rotatable bonds is 5. The normalized spacial score (nSPS) is 14.5. The van der Waals surface area contributed by atoms with Gasteiger partial charge in [-0.15, -0.1) is 0 Å². The third kappa shape index (κ3) is 4.75. The molecule has 1 aliphatic heterocycles. The Bertz CT molecular complexity index is 1050. The molecule has 0 bridgehead atoms. The zero-order chi connectivity index (χ0) is 20.1. The van der Waals surface area contributed by atoms with Gasteiger partial charge in [0.2, 0.25) is 0 Å². The number of aromatic nitrogens is 2. The Morgan fingerprint density at radius 1 is 0.966 bits per heavy atom. The Kier molecular flexibility index (Phi) is 6.07. The van der Waals surface area contributed by atoms with Crippen molar-refractivity contribution in [2.45, 2.75) is 6.54 Å². The van der Waals surface area contributed by atoms with Crippen molar-refractivity contribution in [2.24, 2.45) is 0 Å². The predicted molar refractivity (Wildman–Crippen MR) is 117 cm³/mol. The molecule has 0 atom stereocenters. The number of nitrogens with zero attached hydrogens (tertiary/aromatic N) is 3. The summed E-state index contributed by atoms with van der Waals surface area (Å²) in [5.41, 5.74) is 2.38. The van der Waals surface area contributed by atoms with Gasteiger partial charge in [0.15, 0.2) is 0 Å². The molecule has 0 saturated carbocycles. The quantitative estimate of drug-likeness (QED) is 0.706. The van der Waals surface area contributed by atoms with Gasteiger partial charge in [0, 0.05) is 42.9 Å². The van der Waals surface area contributed by atoms with Gasteiger partial charge in [0.05, 0.1) is 5.69 Å². The summed E-state index contributed by atoms with van der Waals surface area (Å²) in [5.74, 6) is 1.94. The average Bonchev–Trinajstić information content (AvgIpc) is 2.77. The van der Waals surface area contributed by atoms with Crippen molar-refractivity contribution in [2.75, 3.05) is 29.9 Å². The number of carbonyl (C=O) groups is 1. The Morgan fingerprint density at radius 3 is 2.48 bits per heavy atom. The van der Waals surface area contributed by atoms with E-state index in [0.717, 1.165) is 42.4 Å². The predicted octanol–water partition coefficient (Wildman–Crippen LogP) is 3.03. The second kappa shape index (κ2) is 9.07. The van der Waals surface area contributed by atoms with Crippen LogP contribution in [0.3, 0.4) is 0 Å². The van der Waals surface area contributed by atoms with Crippen LogP contribution in [0, 0.1) is 0 Å². The first-order valence-corrected chi connectivity index (χ1v) is 10.7. The molecular weight excluding hydrogens is 384 g/mol. The topological polar surface area (TPSA) is 67.2 Å². The van der Waals surface area contributed by atoms with Gasteiger partial charge in [0.1, 0.15) is 5.69 Å². The molecule has 1 amide bonds. The van der Waals surface area contributed by atoms with E-state index >= 15 is 0 Å². The Morgan fingerprint density at radius 2 is 1.69 bits per heavy atom. The fraction of sp³-hybridized carbons (Fsp3) is 0.227. The molecule has 2 heterocycles. The minimum atomic E-state index is -0.337. The lowest BCUT2D eigenvalue weighted by Gasteiger charge is -2.27. The lowest BCUT2D eigenvalue weighted by atomic mass is 10.1. The van der Waals surface area contributed by atoms with E-state index in [4.69, 9.17) is 0 Å². The Labute approximate surface area is 173 Å². The van der Waals surface area contributed by atoms with Crippen molar-refractivity contribution in [1.29, 1.82) is 0 Å². The van der Waals surface area contributed by atoms with Crippen molar-refractivity contribution in [3.63, 3.8) is 0 Å². The minimum absolute atomic E-state index is 0.192. The van der Waals surface area contributed by atoms with E-state index < -0.39 is 0 Å². The molecule has 3 aromatic rings. The monoisotopic (exact) mass is 406 g/mol. The zero-order valence-corrected chi connectivity index (χ0v) is 16.8. The molecule has 0 unspecified atom stereocenters. The largest absolute Gasteiger partial charge is 0.320 e. The smallest absolute Gasteiger partial charge is 0.276 e. The maximum Gasteiger partial charge on any atom is 0.276 e. The molecule has 0 aliphatic carbocycles. The average molecular weight is 407 g/mol. The second-order valence-corrected chi connectivity index (χ2v) is 8.03. The van der Waals surface area contributed by atoms with Crippen molar-refractivity contribution in [1.82, 2.24) is 14.7 Å². The number of hydrogen-bond acceptors (Lipinski definition) is 5. The zero-order valence-electron chi connectivity index (χ0n) is 16.0. The number of nitrogens with one attached hydrogen (secondary N) is 1. The van der Waals surface area contributed by atoms with E-state index in [-0.39, 0.29) is 17.2 Å². The van der Waals surface area contributed by atoms with E-state index in [1.165, 1.54) is 16.8 Å². The van der Waals surface area contributed by atoms with Crippen LogP contribution in [0.25, 0.3) is 5.69 Å². The number of amides is 1. The van der Waals surface area contributed by atoms with Crippen LogP contribution < -0.4 is 10.9 Å². The van der Waals surface area contributed by atoms with Crippen LogP contribution in [-0.2, 0) is 6.54 Å². The molecule has 0 spiro atoms. The summed E-state index contributed by atoms with van der Waals surface area (Å²) in [6, 6.07) is 19.7. The van der Waals surface area contributed by atoms with Crippen LogP contribution in [0.2, 0.25) is 0 Å². The molecule has 1 aromatic heterocycles. The van der Waals surface area contributed by atoms with Crippen LogP contribution in [0.15, 0.2) is 71.5 Å². The first-order valence-electron chi connectivity index (χ1n) is 9.56. The summed E-state index contributed by atoms with van der Waals surface area (Å²) in [6.07, 6.45) is 0. The number of anilines is 1. The van der Waals surface area contributed by atoms with Gasteiger partial charge >= 0.3 is 0 Å². The van der Waals surface area contributed by atoms with Gasteiger partial charge in [-0.2, -0.15) is 21.5 Å². The van der Waals surface area contributed by atoms with E-state index in [9.17, 15) is 9.59 Å². The highest BCUT2D eigenvalue weighted by Gasteiger charge is 2.16. The molecule has 1 saturated heterocycles. The number of carbonyl (C=O) groups excluding carboxylic acids is 1. The molecule has 148 valence electrons. The van der Waals surface area contributed by atoms with Gasteiger partial charge in [0.25, 0.3) is 11.5 Å². The van der Waals surface area contributed by atoms with Crippen LogP contribution >= 0.6 is 11.8 Å². The Hall–Kier alpha value is -2.90. The number of benzene rings is 2. The van der Waals surface area contributed by atoms with Crippen molar-refractivity contribution >= 4 is 23.4 Å². The molecule has 29 heavy (non-hydrogen) atoms. The molecule has 1 fully saturated rings. The summed E-state index contributed by atoms with van der Waals surface area (Å²) < 4.78 is 1.24. The van der Waals surface area contributed by atoms with E-state index in [2.05, 4.69) is 15.3 Å². The lowest BCUT2D eigenvalue weighted by Crippen LogP contribution is -2.32. The maximum atomic E-state index is 12.8. The first-order chi connectivity index (χ1) is 14.2. The molecule has 1 aliphatic rings. The van der Waals surface area contributed by atoms with Gasteiger partial charge in [-0.3, -0.25) is 14.5 Å². The molecule has 6 nitrogen and oxygen atoms in total. The van der Waals surface area contributed by atoms with Crippen molar-refractivity contribution < 1.29 is 4.79 Å². The highest BCUT2D eigenvalue weighted by atomic mass is 32.2. The second-order valence-electron chi connectivity index (χ2n) is 6.80. The molecule has 7 heteroatoms. The third-order valence-corrected chi connectivity index (χ3v) is 5.74. The van der Waals surface area contributed by atoms with Gasteiger partial charge in [-0.1, -0.05) is 36.4 Å². The highest BCUT2D eigenvalue weighted by Crippen LogP contribution is 2.20. The summed E-state index contributed by atoms with van der Waals surface area (Å²) >= 11 is 1.97.